The van der Waals surface area contributed by atoms with E-state index in [1.165, 1.54) is 0 Å². The standard InChI is InChI=1S/C36H39ClFN7O4/c1-21-26(28-8-6-23(35(44-28)49-2)18-39-19-25-7-9-30(46)42-25)11-15-40-33(21)27-4-3-5-29(31(27)37)43-34-32(38)24(10-14-41-34)20-45-16-12-22(13-17-45)36(47)48/h3-6,8,10-11,14-15,22,25,39H,7,9,12-13,16-20H2,1-2H3,(H,41,43)(H,42,46)(H,47,48). The minimum Gasteiger partial charge on any atom is -0.481 e. The Bertz CT molecular complexity index is 1850. The number of piperidine rings is 1. The number of anilines is 2. The number of halogens is 2. The highest BCUT2D eigenvalue weighted by molar-refractivity contribution is 6.36. The summed E-state index contributed by atoms with van der Waals surface area (Å²) in [7, 11) is 1.59. The first-order valence-corrected chi connectivity index (χ1v) is 16.7. The third-order valence-electron chi connectivity index (χ3n) is 9.21. The van der Waals surface area contributed by atoms with Gasteiger partial charge in [0.1, 0.15) is 0 Å². The van der Waals surface area contributed by atoms with E-state index in [-0.39, 0.29) is 23.7 Å². The number of carbonyl (C=O) groups is 2. The molecular weight excluding hydrogens is 649 g/mol. The molecule has 2 aliphatic heterocycles. The molecule has 4 N–H and O–H groups in total. The number of carboxylic acid groups (broad SMARTS) is 1. The maximum absolute atomic E-state index is 15.7. The lowest BCUT2D eigenvalue weighted by Crippen LogP contribution is -2.36. The molecule has 5 heterocycles. The Morgan fingerprint density at radius 2 is 1.88 bits per heavy atom. The van der Waals surface area contributed by atoms with E-state index >= 15 is 4.39 Å². The fraction of sp³-hybridized carbons (Fsp3) is 0.361. The van der Waals surface area contributed by atoms with E-state index in [4.69, 9.17) is 21.3 Å². The van der Waals surface area contributed by atoms with Crippen molar-refractivity contribution < 1.29 is 23.8 Å². The normalized spacial score (nSPS) is 16.8. The maximum Gasteiger partial charge on any atom is 0.306 e. The fourth-order valence-electron chi connectivity index (χ4n) is 6.44. The van der Waals surface area contributed by atoms with Crippen LogP contribution in [0.15, 0.2) is 54.9 Å². The zero-order chi connectivity index (χ0) is 34.5. The van der Waals surface area contributed by atoms with Crippen LogP contribution in [0.1, 0.15) is 42.4 Å². The van der Waals surface area contributed by atoms with Crippen molar-refractivity contribution in [1.82, 2.24) is 30.5 Å². The predicted octanol–water partition coefficient (Wildman–Crippen LogP) is 5.72. The molecule has 0 saturated carbocycles. The molecule has 1 atom stereocenters. The van der Waals surface area contributed by atoms with Gasteiger partial charge in [-0.1, -0.05) is 29.8 Å². The highest BCUT2D eigenvalue weighted by Crippen LogP contribution is 2.38. The topological polar surface area (TPSA) is 142 Å². The zero-order valence-electron chi connectivity index (χ0n) is 27.4. The van der Waals surface area contributed by atoms with E-state index in [9.17, 15) is 14.7 Å². The quantitative estimate of drug-likeness (QED) is 0.146. The van der Waals surface area contributed by atoms with Gasteiger partial charge in [-0.3, -0.25) is 19.5 Å². The van der Waals surface area contributed by atoms with E-state index in [0.717, 1.165) is 23.1 Å². The number of benzene rings is 1. The molecule has 1 amide bonds. The average Bonchev–Trinajstić information content (AvgIpc) is 3.52. The summed E-state index contributed by atoms with van der Waals surface area (Å²) in [6, 6.07) is 13.0. The van der Waals surface area contributed by atoms with Crippen molar-refractivity contribution >= 4 is 35.0 Å². The number of hydrogen-bond acceptors (Lipinski definition) is 9. The van der Waals surface area contributed by atoms with Gasteiger partial charge in [-0.05, 0) is 69.1 Å². The number of likely N-dealkylation sites (tertiary alicyclic amines) is 1. The second-order valence-electron chi connectivity index (χ2n) is 12.4. The monoisotopic (exact) mass is 687 g/mol. The largest absolute Gasteiger partial charge is 0.481 e. The van der Waals surface area contributed by atoms with Crippen molar-refractivity contribution in [2.45, 2.75) is 51.7 Å². The van der Waals surface area contributed by atoms with Gasteiger partial charge in [0.05, 0.1) is 35.1 Å². The smallest absolute Gasteiger partial charge is 0.306 e. The Morgan fingerprint density at radius 1 is 1.08 bits per heavy atom. The van der Waals surface area contributed by atoms with Crippen LogP contribution in [-0.4, -0.2) is 69.6 Å². The van der Waals surface area contributed by atoms with E-state index < -0.39 is 11.8 Å². The highest BCUT2D eigenvalue weighted by Gasteiger charge is 2.26. The van der Waals surface area contributed by atoms with Gasteiger partial charge in [0.25, 0.3) is 0 Å². The first-order valence-electron chi connectivity index (χ1n) is 16.4. The number of rotatable bonds is 12. The number of hydrogen-bond donors (Lipinski definition) is 4. The Labute approximate surface area is 289 Å². The number of aromatic nitrogens is 3. The third kappa shape index (κ3) is 7.82. The van der Waals surface area contributed by atoms with Crippen LogP contribution in [0.2, 0.25) is 5.02 Å². The molecule has 3 aromatic heterocycles. The van der Waals surface area contributed by atoms with Gasteiger partial charge in [-0.15, -0.1) is 0 Å². The minimum absolute atomic E-state index is 0.0503. The number of ether oxygens (including phenoxy) is 1. The number of amides is 1. The molecular formula is C36H39ClFN7O4. The van der Waals surface area contributed by atoms with Crippen molar-refractivity contribution in [2.24, 2.45) is 5.92 Å². The maximum atomic E-state index is 15.7. The van der Waals surface area contributed by atoms with Gasteiger partial charge >= 0.3 is 5.97 Å². The van der Waals surface area contributed by atoms with Gasteiger partial charge in [-0.25, -0.2) is 14.4 Å². The summed E-state index contributed by atoms with van der Waals surface area (Å²) in [4.78, 5) is 38.6. The third-order valence-corrected chi connectivity index (χ3v) is 9.62. The minimum atomic E-state index is -0.777. The molecule has 0 aliphatic carbocycles. The molecule has 0 bridgehead atoms. The van der Waals surface area contributed by atoms with Crippen LogP contribution in [0.25, 0.3) is 22.5 Å². The van der Waals surface area contributed by atoms with Crippen LogP contribution in [-0.2, 0) is 22.7 Å². The van der Waals surface area contributed by atoms with Crippen molar-refractivity contribution in [1.29, 1.82) is 0 Å². The summed E-state index contributed by atoms with van der Waals surface area (Å²) >= 11 is 6.95. The van der Waals surface area contributed by atoms with Crippen molar-refractivity contribution in [3.8, 4) is 28.4 Å². The molecule has 4 aromatic rings. The number of carbonyl (C=O) groups excluding carboxylic acids is 1. The van der Waals surface area contributed by atoms with E-state index in [1.54, 1.807) is 31.6 Å². The Hall–Kier alpha value is -4.65. The molecule has 2 saturated heterocycles. The lowest BCUT2D eigenvalue weighted by molar-refractivity contribution is -0.143. The molecule has 6 rings (SSSR count). The van der Waals surface area contributed by atoms with Crippen molar-refractivity contribution in [2.75, 3.05) is 32.1 Å². The lowest BCUT2D eigenvalue weighted by Gasteiger charge is -2.30. The summed E-state index contributed by atoms with van der Waals surface area (Å²) in [5.41, 5.74) is 5.60. The Balaban J connectivity index is 1.18. The summed E-state index contributed by atoms with van der Waals surface area (Å²) < 4.78 is 21.3. The van der Waals surface area contributed by atoms with Crippen LogP contribution in [0.5, 0.6) is 5.88 Å². The van der Waals surface area contributed by atoms with Gasteiger partial charge in [0, 0.05) is 66.7 Å². The summed E-state index contributed by atoms with van der Waals surface area (Å²) in [5.74, 6) is -0.966. The predicted molar refractivity (Wildman–Crippen MR) is 185 cm³/mol. The summed E-state index contributed by atoms with van der Waals surface area (Å²) in [5, 5.41) is 19.1. The molecule has 13 heteroatoms. The molecule has 1 aromatic carbocycles. The molecule has 1 unspecified atom stereocenters. The van der Waals surface area contributed by atoms with E-state index in [0.29, 0.717) is 91.1 Å². The van der Waals surface area contributed by atoms with E-state index in [2.05, 4.69) is 30.8 Å². The van der Waals surface area contributed by atoms with Gasteiger partial charge in [0.2, 0.25) is 11.8 Å². The number of nitrogens with zero attached hydrogens (tertiary/aromatic N) is 4. The number of nitrogens with one attached hydrogen (secondary N) is 3. The molecule has 0 radical (unpaired) electrons. The van der Waals surface area contributed by atoms with E-state index in [1.807, 2.05) is 37.3 Å². The fourth-order valence-corrected chi connectivity index (χ4v) is 6.70. The van der Waals surface area contributed by atoms with Crippen LogP contribution < -0.4 is 20.7 Å². The number of aliphatic carboxylic acids is 1. The Kier molecular flexibility index (Phi) is 10.7. The lowest BCUT2D eigenvalue weighted by atomic mass is 9.97. The number of carboxylic acids is 1. The SMILES string of the molecule is COc1nc(-c2ccnc(-c3cccc(Nc4nccc(CN5CCC(C(=O)O)CC5)c4F)c3Cl)c2C)ccc1CNCC1CCC(=O)N1. The van der Waals surface area contributed by atoms with Crippen LogP contribution in [0.3, 0.4) is 0 Å². The average molecular weight is 688 g/mol. The molecule has 2 fully saturated rings. The molecule has 49 heavy (non-hydrogen) atoms. The van der Waals surface area contributed by atoms with Crippen molar-refractivity contribution in [3.05, 3.63) is 82.4 Å². The van der Waals surface area contributed by atoms with Crippen molar-refractivity contribution in [3.63, 3.8) is 0 Å². The zero-order valence-corrected chi connectivity index (χ0v) is 28.2. The van der Waals surface area contributed by atoms with Gasteiger partial charge < -0.3 is 25.8 Å². The van der Waals surface area contributed by atoms with Crippen LogP contribution >= 0.6 is 11.6 Å². The number of pyridine rings is 3. The highest BCUT2D eigenvalue weighted by atomic mass is 35.5. The first kappa shape index (κ1) is 34.2. The molecule has 0 spiro atoms. The number of methoxy groups -OCH3 is 1. The Morgan fingerprint density at radius 3 is 2.61 bits per heavy atom. The van der Waals surface area contributed by atoms with Gasteiger partial charge in [0.15, 0.2) is 11.6 Å². The first-order chi connectivity index (χ1) is 23.7. The summed E-state index contributed by atoms with van der Waals surface area (Å²) in [6.07, 6.45) is 5.73. The molecule has 2 aliphatic rings. The van der Waals surface area contributed by atoms with Crippen LogP contribution in [0, 0.1) is 18.7 Å². The second kappa shape index (κ2) is 15.3. The second-order valence-corrected chi connectivity index (χ2v) is 12.8. The van der Waals surface area contributed by atoms with Gasteiger partial charge in [-0.2, -0.15) is 0 Å². The molecule has 256 valence electrons. The molecule has 11 nitrogen and oxygen atoms in total. The summed E-state index contributed by atoms with van der Waals surface area (Å²) in [6.45, 7) is 4.71. The van der Waals surface area contributed by atoms with Crippen LogP contribution in [0.4, 0.5) is 15.9 Å².